The number of hydrogen-bond donors (Lipinski definition) is 2. The van der Waals surface area contributed by atoms with Crippen LogP contribution in [0.3, 0.4) is 0 Å². The fraction of sp³-hybridized carbons (Fsp3) is 0.273. The van der Waals surface area contributed by atoms with Crippen molar-refractivity contribution in [2.45, 2.75) is 6.92 Å². The van der Waals surface area contributed by atoms with E-state index in [1.54, 1.807) is 6.92 Å². The Kier molecular flexibility index (Phi) is 3.53. The van der Waals surface area contributed by atoms with Gasteiger partial charge in [0, 0.05) is 18.5 Å². The van der Waals surface area contributed by atoms with Gasteiger partial charge in [0.05, 0.1) is 10.2 Å². The summed E-state index contributed by atoms with van der Waals surface area (Å²) in [7, 11) is 0. The van der Waals surface area contributed by atoms with Crippen molar-refractivity contribution in [3.63, 3.8) is 0 Å². The van der Waals surface area contributed by atoms with Gasteiger partial charge in [0.25, 0.3) is 0 Å². The average molecular weight is 271 g/mol. The molecular weight excluding hydrogens is 260 g/mol. The molecular formula is C11H11F2N3OS. The molecule has 1 aromatic carbocycles. The van der Waals surface area contributed by atoms with Crippen LogP contribution >= 0.6 is 11.3 Å². The second kappa shape index (κ2) is 4.95. The van der Waals surface area contributed by atoms with Gasteiger partial charge in [-0.15, -0.1) is 0 Å². The van der Waals surface area contributed by atoms with Gasteiger partial charge in [-0.25, -0.2) is 13.8 Å². The molecule has 0 aliphatic rings. The first-order valence-electron chi connectivity index (χ1n) is 5.27. The standard InChI is InChI=1S/C11H11F2N3OS/c1-5(4-14)10(17)16-11-15-8-2-6(12)7(13)3-9(8)18-11/h2-3,5H,4,14H2,1H3,(H,15,16,17). The zero-order chi connectivity index (χ0) is 13.3. The Hall–Kier alpha value is -1.60. The fourth-order valence-corrected chi connectivity index (χ4v) is 2.19. The van der Waals surface area contributed by atoms with Crippen molar-refractivity contribution in [3.05, 3.63) is 23.8 Å². The highest BCUT2D eigenvalue weighted by Crippen LogP contribution is 2.27. The van der Waals surface area contributed by atoms with E-state index in [-0.39, 0.29) is 18.4 Å². The molecule has 0 saturated heterocycles. The van der Waals surface area contributed by atoms with Crippen LogP contribution < -0.4 is 11.1 Å². The van der Waals surface area contributed by atoms with Gasteiger partial charge in [-0.1, -0.05) is 18.3 Å². The summed E-state index contributed by atoms with van der Waals surface area (Å²) in [5.41, 5.74) is 5.68. The lowest BCUT2D eigenvalue weighted by Crippen LogP contribution is -2.26. The van der Waals surface area contributed by atoms with Crippen molar-refractivity contribution in [3.8, 4) is 0 Å². The molecule has 1 unspecified atom stereocenters. The van der Waals surface area contributed by atoms with E-state index < -0.39 is 11.6 Å². The normalized spacial score (nSPS) is 12.7. The quantitative estimate of drug-likeness (QED) is 0.898. The molecule has 0 aliphatic carbocycles. The predicted octanol–water partition coefficient (Wildman–Crippen LogP) is 2.11. The van der Waals surface area contributed by atoms with Gasteiger partial charge in [0.15, 0.2) is 16.8 Å². The highest BCUT2D eigenvalue weighted by Gasteiger charge is 2.14. The molecule has 3 N–H and O–H groups in total. The molecule has 2 aromatic rings. The summed E-state index contributed by atoms with van der Waals surface area (Å²) in [6, 6.07) is 2.06. The number of rotatable bonds is 3. The Labute approximate surface area is 106 Å². The first-order valence-corrected chi connectivity index (χ1v) is 6.09. The van der Waals surface area contributed by atoms with Gasteiger partial charge >= 0.3 is 0 Å². The predicted molar refractivity (Wildman–Crippen MR) is 66.4 cm³/mol. The maximum absolute atomic E-state index is 13.0. The first-order chi connectivity index (χ1) is 8.51. The van der Waals surface area contributed by atoms with Crippen molar-refractivity contribution >= 4 is 32.6 Å². The van der Waals surface area contributed by atoms with Crippen LogP contribution in [0.4, 0.5) is 13.9 Å². The van der Waals surface area contributed by atoms with E-state index in [9.17, 15) is 13.6 Å². The number of anilines is 1. The topological polar surface area (TPSA) is 68.0 Å². The molecule has 1 amide bonds. The molecule has 7 heteroatoms. The molecule has 1 aromatic heterocycles. The van der Waals surface area contributed by atoms with Gasteiger partial charge in [0.1, 0.15) is 0 Å². The average Bonchev–Trinajstić information content (AvgIpc) is 2.70. The third-order valence-corrected chi connectivity index (χ3v) is 3.40. The summed E-state index contributed by atoms with van der Waals surface area (Å²) in [5.74, 6) is -2.50. The van der Waals surface area contributed by atoms with Crippen LogP contribution in [0, 0.1) is 17.6 Å². The third kappa shape index (κ3) is 2.46. The van der Waals surface area contributed by atoms with Gasteiger partial charge in [-0.2, -0.15) is 0 Å². The molecule has 0 bridgehead atoms. The van der Waals surface area contributed by atoms with Crippen LogP contribution in [0.25, 0.3) is 10.2 Å². The van der Waals surface area contributed by atoms with Crippen molar-refractivity contribution in [1.82, 2.24) is 4.98 Å². The smallest absolute Gasteiger partial charge is 0.230 e. The summed E-state index contributed by atoms with van der Waals surface area (Å²) in [6.07, 6.45) is 0. The Bertz CT molecular complexity index is 560. The summed E-state index contributed by atoms with van der Waals surface area (Å²) in [5, 5.41) is 2.87. The monoisotopic (exact) mass is 271 g/mol. The lowest BCUT2D eigenvalue weighted by Gasteiger charge is -2.06. The Morgan fingerprint density at radius 1 is 1.50 bits per heavy atom. The molecule has 1 atom stereocenters. The van der Waals surface area contributed by atoms with Gasteiger partial charge in [-0.3, -0.25) is 4.79 Å². The Balaban J connectivity index is 2.28. The van der Waals surface area contributed by atoms with E-state index in [0.717, 1.165) is 23.5 Å². The van der Waals surface area contributed by atoms with Crippen molar-refractivity contribution in [1.29, 1.82) is 0 Å². The molecule has 4 nitrogen and oxygen atoms in total. The zero-order valence-corrected chi connectivity index (χ0v) is 10.4. The maximum atomic E-state index is 13.0. The molecule has 0 fully saturated rings. The lowest BCUT2D eigenvalue weighted by molar-refractivity contribution is -0.119. The fourth-order valence-electron chi connectivity index (χ4n) is 1.31. The molecule has 0 radical (unpaired) electrons. The Morgan fingerprint density at radius 3 is 2.83 bits per heavy atom. The molecule has 1 heterocycles. The summed E-state index contributed by atoms with van der Waals surface area (Å²) in [6.45, 7) is 1.90. The number of fused-ring (bicyclic) bond motifs is 1. The highest BCUT2D eigenvalue weighted by molar-refractivity contribution is 7.22. The summed E-state index contributed by atoms with van der Waals surface area (Å²) < 4.78 is 26.5. The van der Waals surface area contributed by atoms with Crippen molar-refractivity contribution < 1.29 is 13.6 Å². The number of halogens is 2. The summed E-state index contributed by atoms with van der Waals surface area (Å²) >= 11 is 1.09. The number of amides is 1. The highest BCUT2D eigenvalue weighted by atomic mass is 32.1. The largest absolute Gasteiger partial charge is 0.330 e. The molecule has 0 aliphatic heterocycles. The molecule has 0 saturated carbocycles. The van der Waals surface area contributed by atoms with Crippen LogP contribution in [0.2, 0.25) is 0 Å². The number of thiazole rings is 1. The van der Waals surface area contributed by atoms with E-state index in [0.29, 0.717) is 15.3 Å². The number of hydrogen-bond acceptors (Lipinski definition) is 4. The van der Waals surface area contributed by atoms with E-state index in [1.165, 1.54) is 0 Å². The second-order valence-corrected chi connectivity index (χ2v) is 4.91. The number of benzene rings is 1. The number of aromatic nitrogens is 1. The minimum absolute atomic E-state index is 0.222. The Morgan fingerprint density at radius 2 is 2.17 bits per heavy atom. The minimum Gasteiger partial charge on any atom is -0.330 e. The van der Waals surface area contributed by atoms with Gasteiger partial charge in [0.2, 0.25) is 5.91 Å². The number of carbonyl (C=O) groups excluding carboxylic acids is 1. The van der Waals surface area contributed by atoms with E-state index >= 15 is 0 Å². The van der Waals surface area contributed by atoms with Crippen LogP contribution in [0.1, 0.15) is 6.92 Å². The maximum Gasteiger partial charge on any atom is 0.230 e. The second-order valence-electron chi connectivity index (χ2n) is 3.88. The minimum atomic E-state index is -0.957. The number of nitrogens with two attached hydrogens (primary N) is 1. The molecule has 18 heavy (non-hydrogen) atoms. The first kappa shape index (κ1) is 12.8. The van der Waals surface area contributed by atoms with Crippen LogP contribution in [0.15, 0.2) is 12.1 Å². The van der Waals surface area contributed by atoms with E-state index in [4.69, 9.17) is 5.73 Å². The zero-order valence-electron chi connectivity index (χ0n) is 9.54. The van der Waals surface area contributed by atoms with Crippen molar-refractivity contribution in [2.24, 2.45) is 11.7 Å². The number of nitrogens with one attached hydrogen (secondary N) is 1. The van der Waals surface area contributed by atoms with Gasteiger partial charge < -0.3 is 11.1 Å². The van der Waals surface area contributed by atoms with Gasteiger partial charge in [-0.05, 0) is 6.07 Å². The van der Waals surface area contributed by atoms with Crippen LogP contribution in [0.5, 0.6) is 0 Å². The number of carbonyl (C=O) groups is 1. The molecule has 2 rings (SSSR count). The van der Waals surface area contributed by atoms with E-state index in [2.05, 4.69) is 10.3 Å². The van der Waals surface area contributed by atoms with Crippen molar-refractivity contribution in [2.75, 3.05) is 11.9 Å². The SMILES string of the molecule is CC(CN)C(=O)Nc1nc2cc(F)c(F)cc2s1. The molecule has 96 valence electrons. The number of nitrogens with zero attached hydrogens (tertiary/aromatic N) is 1. The molecule has 0 spiro atoms. The third-order valence-electron chi connectivity index (χ3n) is 2.46. The van der Waals surface area contributed by atoms with Crippen LogP contribution in [-0.2, 0) is 4.79 Å². The lowest BCUT2D eigenvalue weighted by atomic mass is 10.2. The summed E-state index contributed by atoms with van der Waals surface area (Å²) in [4.78, 5) is 15.6. The van der Waals surface area contributed by atoms with Crippen LogP contribution in [-0.4, -0.2) is 17.4 Å². The van der Waals surface area contributed by atoms with E-state index in [1.807, 2.05) is 0 Å².